The van der Waals surface area contributed by atoms with Crippen LogP contribution < -0.4 is 10.5 Å². The first-order valence-electron chi connectivity index (χ1n) is 6.33. The van der Waals surface area contributed by atoms with Crippen LogP contribution in [0.15, 0.2) is 34.8 Å². The van der Waals surface area contributed by atoms with Crippen molar-refractivity contribution in [2.45, 2.75) is 26.3 Å². The molecule has 1 aromatic carbocycles. The molecule has 0 fully saturated rings. The van der Waals surface area contributed by atoms with Crippen molar-refractivity contribution in [2.75, 3.05) is 0 Å². The summed E-state index contributed by atoms with van der Waals surface area (Å²) in [6.07, 6.45) is 0. The number of aromatic nitrogens is 1. The van der Waals surface area contributed by atoms with Crippen molar-refractivity contribution in [2.24, 2.45) is 5.73 Å². The van der Waals surface area contributed by atoms with E-state index in [2.05, 4.69) is 34.8 Å². The van der Waals surface area contributed by atoms with Gasteiger partial charge in [-0.3, -0.25) is 0 Å². The van der Waals surface area contributed by atoms with Gasteiger partial charge in [-0.15, -0.1) is 0 Å². The molecule has 0 atom stereocenters. The molecule has 0 saturated heterocycles. The standard InChI is InChI=1S/C15H16BrFN2O/c1-9(2)14-5-10(8-18)6-15(19-14)20-11-3-4-13(17)12(16)7-11/h3-7,9H,8,18H2,1-2H3. The summed E-state index contributed by atoms with van der Waals surface area (Å²) in [5.74, 6) is 0.942. The molecule has 0 aliphatic carbocycles. The van der Waals surface area contributed by atoms with E-state index in [1.165, 1.54) is 6.07 Å². The minimum absolute atomic E-state index is 0.281. The van der Waals surface area contributed by atoms with Gasteiger partial charge >= 0.3 is 0 Å². The van der Waals surface area contributed by atoms with Gasteiger partial charge in [-0.25, -0.2) is 9.37 Å². The van der Waals surface area contributed by atoms with E-state index in [-0.39, 0.29) is 11.7 Å². The third kappa shape index (κ3) is 3.55. The summed E-state index contributed by atoms with van der Waals surface area (Å²) in [6.45, 7) is 4.54. The molecule has 0 amide bonds. The van der Waals surface area contributed by atoms with Gasteiger partial charge in [0.2, 0.25) is 5.88 Å². The Morgan fingerprint density at radius 3 is 2.65 bits per heavy atom. The van der Waals surface area contributed by atoms with Crippen molar-refractivity contribution in [1.82, 2.24) is 4.98 Å². The number of ether oxygens (including phenoxy) is 1. The van der Waals surface area contributed by atoms with Gasteiger partial charge in [0.15, 0.2) is 0 Å². The highest BCUT2D eigenvalue weighted by atomic mass is 79.9. The molecule has 2 aromatic rings. The van der Waals surface area contributed by atoms with Crippen LogP contribution in [-0.4, -0.2) is 4.98 Å². The Morgan fingerprint density at radius 2 is 2.05 bits per heavy atom. The molecule has 1 heterocycles. The quantitative estimate of drug-likeness (QED) is 0.900. The lowest BCUT2D eigenvalue weighted by Crippen LogP contribution is -2.02. The SMILES string of the molecule is CC(C)c1cc(CN)cc(Oc2ccc(F)c(Br)c2)n1. The Labute approximate surface area is 126 Å². The molecule has 3 nitrogen and oxygen atoms in total. The smallest absolute Gasteiger partial charge is 0.219 e. The van der Waals surface area contributed by atoms with Crippen molar-refractivity contribution >= 4 is 15.9 Å². The molecule has 20 heavy (non-hydrogen) atoms. The van der Waals surface area contributed by atoms with Crippen molar-refractivity contribution in [3.63, 3.8) is 0 Å². The number of pyridine rings is 1. The van der Waals surface area contributed by atoms with Gasteiger partial charge < -0.3 is 10.5 Å². The predicted octanol–water partition coefficient (Wildman–Crippen LogP) is 4.36. The summed E-state index contributed by atoms with van der Waals surface area (Å²) in [5.41, 5.74) is 7.56. The van der Waals surface area contributed by atoms with E-state index in [1.54, 1.807) is 18.2 Å². The second kappa shape index (κ2) is 6.33. The molecule has 2 rings (SSSR count). The fourth-order valence-electron chi connectivity index (χ4n) is 1.71. The number of halogens is 2. The van der Waals surface area contributed by atoms with E-state index in [1.807, 2.05) is 6.07 Å². The van der Waals surface area contributed by atoms with E-state index in [0.717, 1.165) is 11.3 Å². The van der Waals surface area contributed by atoms with E-state index in [9.17, 15) is 4.39 Å². The van der Waals surface area contributed by atoms with Crippen LogP contribution in [0.1, 0.15) is 31.0 Å². The first-order chi connectivity index (χ1) is 9.49. The number of nitrogens with two attached hydrogens (primary N) is 1. The van der Waals surface area contributed by atoms with Crippen molar-refractivity contribution in [3.05, 3.63) is 51.9 Å². The summed E-state index contributed by atoms with van der Waals surface area (Å²) in [4.78, 5) is 4.44. The van der Waals surface area contributed by atoms with Gasteiger partial charge in [0.1, 0.15) is 11.6 Å². The molecule has 0 aliphatic rings. The molecule has 1 aromatic heterocycles. The molecule has 0 saturated carbocycles. The zero-order valence-corrected chi connectivity index (χ0v) is 12.9. The summed E-state index contributed by atoms with van der Waals surface area (Å²) in [5, 5.41) is 0. The van der Waals surface area contributed by atoms with Gasteiger partial charge in [0.05, 0.1) is 4.47 Å². The van der Waals surface area contributed by atoms with Crippen molar-refractivity contribution in [3.8, 4) is 11.6 Å². The van der Waals surface area contributed by atoms with Gasteiger partial charge in [-0.1, -0.05) is 13.8 Å². The summed E-state index contributed by atoms with van der Waals surface area (Å²) in [7, 11) is 0. The number of benzene rings is 1. The van der Waals surface area contributed by atoms with Gasteiger partial charge in [0, 0.05) is 18.3 Å². The Hall–Kier alpha value is -1.46. The predicted molar refractivity (Wildman–Crippen MR) is 80.4 cm³/mol. The summed E-state index contributed by atoms with van der Waals surface area (Å²) in [6, 6.07) is 8.24. The first-order valence-corrected chi connectivity index (χ1v) is 7.12. The highest BCUT2D eigenvalue weighted by molar-refractivity contribution is 9.10. The van der Waals surface area contributed by atoms with E-state index >= 15 is 0 Å². The molecule has 0 spiro atoms. The van der Waals surface area contributed by atoms with Gasteiger partial charge in [-0.2, -0.15) is 0 Å². The topological polar surface area (TPSA) is 48.1 Å². The van der Waals surface area contributed by atoms with Gasteiger partial charge in [-0.05, 0) is 51.7 Å². The average Bonchev–Trinajstić information content (AvgIpc) is 2.42. The molecule has 106 valence electrons. The molecule has 2 N–H and O–H groups in total. The number of rotatable bonds is 4. The molecule has 0 bridgehead atoms. The minimum atomic E-state index is -0.330. The van der Waals surface area contributed by atoms with E-state index in [4.69, 9.17) is 10.5 Å². The zero-order chi connectivity index (χ0) is 14.7. The molecular weight excluding hydrogens is 323 g/mol. The fraction of sp³-hybridized carbons (Fsp3) is 0.267. The summed E-state index contributed by atoms with van der Waals surface area (Å²) < 4.78 is 19.2. The lowest BCUT2D eigenvalue weighted by molar-refractivity contribution is 0.456. The monoisotopic (exact) mass is 338 g/mol. The van der Waals surface area contributed by atoms with Crippen LogP contribution in [0, 0.1) is 5.82 Å². The molecule has 0 unspecified atom stereocenters. The Morgan fingerprint density at radius 1 is 1.30 bits per heavy atom. The van der Waals surface area contributed by atoms with Crippen LogP contribution in [0.25, 0.3) is 0 Å². The third-order valence-corrected chi connectivity index (χ3v) is 3.43. The lowest BCUT2D eigenvalue weighted by Gasteiger charge is -2.11. The van der Waals surface area contributed by atoms with Crippen LogP contribution in [0.4, 0.5) is 4.39 Å². The maximum atomic E-state index is 13.2. The van der Waals surface area contributed by atoms with E-state index < -0.39 is 0 Å². The van der Waals surface area contributed by atoms with Crippen LogP contribution in [-0.2, 0) is 6.54 Å². The molecular formula is C15H16BrFN2O. The molecule has 0 radical (unpaired) electrons. The van der Waals surface area contributed by atoms with Gasteiger partial charge in [0.25, 0.3) is 0 Å². The molecule has 5 heteroatoms. The Kier molecular flexibility index (Phi) is 4.73. The highest BCUT2D eigenvalue weighted by Gasteiger charge is 2.08. The number of hydrogen-bond acceptors (Lipinski definition) is 3. The minimum Gasteiger partial charge on any atom is -0.439 e. The zero-order valence-electron chi connectivity index (χ0n) is 11.4. The largest absolute Gasteiger partial charge is 0.439 e. The second-order valence-corrected chi connectivity index (χ2v) is 5.63. The fourth-order valence-corrected chi connectivity index (χ4v) is 2.07. The van der Waals surface area contributed by atoms with Crippen LogP contribution in [0.5, 0.6) is 11.6 Å². The Bertz CT molecular complexity index is 617. The van der Waals surface area contributed by atoms with Crippen molar-refractivity contribution < 1.29 is 9.13 Å². The van der Waals surface area contributed by atoms with Crippen LogP contribution >= 0.6 is 15.9 Å². The normalized spacial score (nSPS) is 10.9. The highest BCUT2D eigenvalue weighted by Crippen LogP contribution is 2.27. The van der Waals surface area contributed by atoms with Crippen molar-refractivity contribution in [1.29, 1.82) is 0 Å². The van der Waals surface area contributed by atoms with E-state index in [0.29, 0.717) is 22.6 Å². The maximum absolute atomic E-state index is 13.2. The maximum Gasteiger partial charge on any atom is 0.219 e. The van der Waals surface area contributed by atoms with Crippen LogP contribution in [0.3, 0.4) is 0 Å². The second-order valence-electron chi connectivity index (χ2n) is 4.78. The third-order valence-electron chi connectivity index (χ3n) is 2.82. The average molecular weight is 339 g/mol. The van der Waals surface area contributed by atoms with Crippen LogP contribution in [0.2, 0.25) is 0 Å². The number of nitrogens with zero attached hydrogens (tertiary/aromatic N) is 1. The Balaban J connectivity index is 2.32. The summed E-state index contributed by atoms with van der Waals surface area (Å²) >= 11 is 3.13. The molecule has 0 aliphatic heterocycles. The lowest BCUT2D eigenvalue weighted by atomic mass is 10.1. The first kappa shape index (κ1) is 14.9. The number of hydrogen-bond donors (Lipinski definition) is 1.